The van der Waals surface area contributed by atoms with E-state index in [-0.39, 0.29) is 5.91 Å². The fourth-order valence-corrected chi connectivity index (χ4v) is 1.91. The molecule has 1 amide bonds. The second-order valence-corrected chi connectivity index (χ2v) is 4.37. The number of pyridine rings is 1. The molecule has 0 bridgehead atoms. The van der Waals surface area contributed by atoms with Gasteiger partial charge in [0.1, 0.15) is 0 Å². The van der Waals surface area contributed by atoms with Crippen LogP contribution in [-0.4, -0.2) is 30.5 Å². The molecule has 0 aliphatic rings. The first-order valence-electron chi connectivity index (χ1n) is 6.65. The molecule has 1 heterocycles. The Hall–Kier alpha value is -1.94. The topological polar surface area (TPSA) is 54.0 Å². The van der Waals surface area contributed by atoms with Gasteiger partial charge in [-0.15, -0.1) is 0 Å². The molecule has 0 unspecified atom stereocenters. The number of nitrogens with one attached hydrogen (secondary N) is 2. The van der Waals surface area contributed by atoms with E-state index in [1.54, 1.807) is 6.20 Å². The Morgan fingerprint density at radius 2 is 2.16 bits per heavy atom. The van der Waals surface area contributed by atoms with Gasteiger partial charge in [-0.1, -0.05) is 13.0 Å². The molecular weight excluding hydrogens is 238 g/mol. The van der Waals surface area contributed by atoms with Crippen LogP contribution in [-0.2, 0) is 0 Å². The summed E-state index contributed by atoms with van der Waals surface area (Å²) in [5.41, 5.74) is 1.59. The third-order valence-electron chi connectivity index (χ3n) is 2.93. The van der Waals surface area contributed by atoms with Gasteiger partial charge in [0.25, 0.3) is 5.91 Å². The number of rotatable bonds is 6. The number of fused-ring (bicyclic) bond motifs is 1. The van der Waals surface area contributed by atoms with Crippen LogP contribution < -0.4 is 10.6 Å². The van der Waals surface area contributed by atoms with Crippen LogP contribution in [0.5, 0.6) is 0 Å². The number of hydrogen-bond acceptors (Lipinski definition) is 3. The summed E-state index contributed by atoms with van der Waals surface area (Å²) in [6.45, 7) is 4.66. The summed E-state index contributed by atoms with van der Waals surface area (Å²) in [4.78, 5) is 16.2. The lowest BCUT2D eigenvalue weighted by atomic mass is 10.1. The molecule has 4 nitrogen and oxygen atoms in total. The second kappa shape index (κ2) is 6.85. The minimum Gasteiger partial charge on any atom is -0.352 e. The predicted octanol–water partition coefficient (Wildman–Crippen LogP) is 1.96. The van der Waals surface area contributed by atoms with Crippen molar-refractivity contribution < 1.29 is 4.79 Å². The highest BCUT2D eigenvalue weighted by atomic mass is 16.1. The largest absolute Gasteiger partial charge is 0.352 e. The normalized spacial score (nSPS) is 10.6. The van der Waals surface area contributed by atoms with Crippen LogP contribution >= 0.6 is 0 Å². The lowest BCUT2D eigenvalue weighted by Crippen LogP contribution is -2.27. The molecular formula is C15H19N3O. The molecule has 0 atom stereocenters. The van der Waals surface area contributed by atoms with Gasteiger partial charge in [0.15, 0.2) is 0 Å². The van der Waals surface area contributed by atoms with Gasteiger partial charge in [0.2, 0.25) is 0 Å². The lowest BCUT2D eigenvalue weighted by molar-refractivity contribution is 0.0953. The number of carbonyl (C=O) groups is 1. The maximum absolute atomic E-state index is 12.0. The SMILES string of the molecule is CCNCCCNC(=O)c1ccc2ncccc2c1. The van der Waals surface area contributed by atoms with E-state index in [2.05, 4.69) is 22.5 Å². The number of hydrogen-bond donors (Lipinski definition) is 2. The molecule has 2 N–H and O–H groups in total. The fraction of sp³-hybridized carbons (Fsp3) is 0.333. The average Bonchev–Trinajstić information content (AvgIpc) is 2.46. The Labute approximate surface area is 113 Å². The Morgan fingerprint density at radius 3 is 3.00 bits per heavy atom. The Balaban J connectivity index is 1.93. The number of amides is 1. The highest BCUT2D eigenvalue weighted by Gasteiger charge is 2.05. The Morgan fingerprint density at radius 1 is 1.26 bits per heavy atom. The van der Waals surface area contributed by atoms with Gasteiger partial charge in [0, 0.05) is 23.7 Å². The minimum absolute atomic E-state index is 0.0257. The van der Waals surface area contributed by atoms with E-state index in [1.165, 1.54) is 0 Å². The fourth-order valence-electron chi connectivity index (χ4n) is 1.91. The molecule has 4 heteroatoms. The standard InChI is InChI=1S/C15H19N3O/c1-2-16-8-4-10-18-15(19)13-6-7-14-12(11-13)5-3-9-17-14/h3,5-7,9,11,16H,2,4,8,10H2,1H3,(H,18,19). The van der Waals surface area contributed by atoms with E-state index in [4.69, 9.17) is 0 Å². The van der Waals surface area contributed by atoms with E-state index < -0.39 is 0 Å². The molecule has 0 aliphatic heterocycles. The van der Waals surface area contributed by atoms with Crippen LogP contribution in [0.25, 0.3) is 10.9 Å². The molecule has 1 aromatic heterocycles. The predicted molar refractivity (Wildman–Crippen MR) is 77.2 cm³/mol. The third-order valence-corrected chi connectivity index (χ3v) is 2.93. The first kappa shape index (κ1) is 13.5. The van der Waals surface area contributed by atoms with Crippen LogP contribution in [0, 0.1) is 0 Å². The number of nitrogens with zero attached hydrogens (tertiary/aromatic N) is 1. The van der Waals surface area contributed by atoms with Crippen molar-refractivity contribution in [2.75, 3.05) is 19.6 Å². The van der Waals surface area contributed by atoms with Crippen molar-refractivity contribution in [3.05, 3.63) is 42.1 Å². The van der Waals surface area contributed by atoms with Crippen LogP contribution in [0.1, 0.15) is 23.7 Å². The van der Waals surface area contributed by atoms with Crippen molar-refractivity contribution >= 4 is 16.8 Å². The molecule has 0 saturated carbocycles. The van der Waals surface area contributed by atoms with Gasteiger partial charge in [-0.25, -0.2) is 0 Å². The van der Waals surface area contributed by atoms with Gasteiger partial charge >= 0.3 is 0 Å². The van der Waals surface area contributed by atoms with Crippen LogP contribution in [0.4, 0.5) is 0 Å². The van der Waals surface area contributed by atoms with E-state index in [9.17, 15) is 4.79 Å². The van der Waals surface area contributed by atoms with Crippen molar-refractivity contribution in [1.29, 1.82) is 0 Å². The van der Waals surface area contributed by atoms with Crippen LogP contribution in [0.2, 0.25) is 0 Å². The molecule has 19 heavy (non-hydrogen) atoms. The minimum atomic E-state index is -0.0257. The van der Waals surface area contributed by atoms with Crippen LogP contribution in [0.15, 0.2) is 36.5 Å². The summed E-state index contributed by atoms with van der Waals surface area (Å²) in [7, 11) is 0. The van der Waals surface area contributed by atoms with Gasteiger partial charge in [-0.2, -0.15) is 0 Å². The summed E-state index contributed by atoms with van der Waals surface area (Å²) >= 11 is 0. The first-order valence-corrected chi connectivity index (χ1v) is 6.65. The van der Waals surface area contributed by atoms with Gasteiger partial charge < -0.3 is 10.6 Å². The van der Waals surface area contributed by atoms with Crippen molar-refractivity contribution in [3.8, 4) is 0 Å². The first-order chi connectivity index (χ1) is 9.31. The van der Waals surface area contributed by atoms with Crippen molar-refractivity contribution in [3.63, 3.8) is 0 Å². The molecule has 0 fully saturated rings. The highest BCUT2D eigenvalue weighted by Crippen LogP contribution is 2.13. The number of carbonyl (C=O) groups excluding carboxylic acids is 1. The number of benzene rings is 1. The maximum Gasteiger partial charge on any atom is 0.251 e. The lowest BCUT2D eigenvalue weighted by Gasteiger charge is -2.06. The highest BCUT2D eigenvalue weighted by molar-refractivity contribution is 5.97. The van der Waals surface area contributed by atoms with Gasteiger partial charge in [-0.05, 0) is 43.8 Å². The average molecular weight is 257 g/mol. The van der Waals surface area contributed by atoms with E-state index in [1.807, 2.05) is 30.3 Å². The molecule has 0 radical (unpaired) electrons. The van der Waals surface area contributed by atoms with E-state index in [0.717, 1.165) is 30.4 Å². The van der Waals surface area contributed by atoms with E-state index in [0.29, 0.717) is 12.1 Å². The molecule has 0 spiro atoms. The quantitative estimate of drug-likeness (QED) is 0.778. The zero-order valence-corrected chi connectivity index (χ0v) is 11.1. The summed E-state index contributed by atoms with van der Waals surface area (Å²) in [5, 5.41) is 7.14. The smallest absolute Gasteiger partial charge is 0.251 e. The molecule has 0 saturated heterocycles. The summed E-state index contributed by atoms with van der Waals surface area (Å²) < 4.78 is 0. The van der Waals surface area contributed by atoms with Crippen molar-refractivity contribution in [1.82, 2.24) is 15.6 Å². The summed E-state index contributed by atoms with van der Waals surface area (Å²) in [6, 6.07) is 9.41. The van der Waals surface area contributed by atoms with E-state index >= 15 is 0 Å². The molecule has 100 valence electrons. The number of aromatic nitrogens is 1. The summed E-state index contributed by atoms with van der Waals surface area (Å²) in [5.74, 6) is -0.0257. The van der Waals surface area contributed by atoms with Crippen molar-refractivity contribution in [2.45, 2.75) is 13.3 Å². The van der Waals surface area contributed by atoms with Crippen LogP contribution in [0.3, 0.4) is 0 Å². The zero-order valence-electron chi connectivity index (χ0n) is 11.1. The van der Waals surface area contributed by atoms with Gasteiger partial charge in [0.05, 0.1) is 5.52 Å². The Bertz CT molecular complexity index is 554. The monoisotopic (exact) mass is 257 g/mol. The zero-order chi connectivity index (χ0) is 13.5. The Kier molecular flexibility index (Phi) is 4.86. The maximum atomic E-state index is 12.0. The summed E-state index contributed by atoms with van der Waals surface area (Å²) in [6.07, 6.45) is 2.69. The molecule has 1 aromatic carbocycles. The molecule has 2 aromatic rings. The molecule has 2 rings (SSSR count). The second-order valence-electron chi connectivity index (χ2n) is 4.37. The van der Waals surface area contributed by atoms with Crippen molar-refractivity contribution in [2.24, 2.45) is 0 Å². The van der Waals surface area contributed by atoms with Gasteiger partial charge in [-0.3, -0.25) is 9.78 Å². The molecule has 0 aliphatic carbocycles. The third kappa shape index (κ3) is 3.76.